The Labute approximate surface area is 157 Å². The average Bonchev–Trinajstić information content (AvgIpc) is 2.75. The van der Waals surface area contributed by atoms with Gasteiger partial charge >= 0.3 is 5.97 Å². The van der Waals surface area contributed by atoms with Crippen molar-refractivity contribution in [2.24, 2.45) is 0 Å². The van der Waals surface area contributed by atoms with Crippen molar-refractivity contribution >= 4 is 11.9 Å². The number of hydrogen-bond donors (Lipinski definition) is 1. The lowest BCUT2D eigenvalue weighted by molar-refractivity contribution is -0.121. The highest BCUT2D eigenvalue weighted by molar-refractivity contribution is 5.93. The van der Waals surface area contributed by atoms with Crippen molar-refractivity contribution < 1.29 is 14.3 Å². The highest BCUT2D eigenvalue weighted by atomic mass is 16.5. The first kappa shape index (κ1) is 20.5. The molecular weight excluding hydrogens is 328 g/mol. The molecule has 1 amide bonds. The molecule has 0 aliphatic heterocycles. The molecule has 0 radical (unpaired) electrons. The summed E-state index contributed by atoms with van der Waals surface area (Å²) in [7, 11) is 0. The summed E-state index contributed by atoms with van der Waals surface area (Å²) >= 11 is 0. The third-order valence-corrected chi connectivity index (χ3v) is 5.51. The maximum Gasteiger partial charge on any atom is 0.340 e. The predicted molar refractivity (Wildman–Crippen MR) is 103 cm³/mol. The minimum absolute atomic E-state index is 0.121. The molecule has 0 saturated heterocycles. The molecular formula is C21H34N2O3. The Morgan fingerprint density at radius 2 is 1.77 bits per heavy atom. The van der Waals surface area contributed by atoms with Crippen LogP contribution in [-0.2, 0) is 22.5 Å². The summed E-state index contributed by atoms with van der Waals surface area (Å²) in [4.78, 5) is 24.7. The quantitative estimate of drug-likeness (QED) is 0.587. The van der Waals surface area contributed by atoms with E-state index in [9.17, 15) is 9.59 Å². The van der Waals surface area contributed by atoms with E-state index in [2.05, 4.69) is 16.8 Å². The van der Waals surface area contributed by atoms with Crippen molar-refractivity contribution in [2.45, 2.75) is 91.6 Å². The summed E-state index contributed by atoms with van der Waals surface area (Å²) < 4.78 is 7.35. The molecule has 1 heterocycles. The summed E-state index contributed by atoms with van der Waals surface area (Å²) in [6, 6.07) is 0.334. The van der Waals surface area contributed by atoms with Crippen LogP contribution in [0.5, 0.6) is 0 Å². The van der Waals surface area contributed by atoms with Gasteiger partial charge in [0.15, 0.2) is 0 Å². The van der Waals surface area contributed by atoms with Crippen molar-refractivity contribution in [3.05, 3.63) is 22.5 Å². The fourth-order valence-electron chi connectivity index (χ4n) is 4.17. The summed E-state index contributed by atoms with van der Waals surface area (Å²) in [5.41, 5.74) is 3.62. The number of rotatable bonds is 7. The Morgan fingerprint density at radius 3 is 2.35 bits per heavy atom. The summed E-state index contributed by atoms with van der Waals surface area (Å²) in [6.07, 6.45) is 8.30. The maximum absolute atomic E-state index is 12.4. The Balaban J connectivity index is 2.05. The Kier molecular flexibility index (Phi) is 7.73. The number of carbonyl (C=O) groups excluding carboxylic acids is 2. The number of amides is 1. The zero-order chi connectivity index (χ0) is 19.1. The summed E-state index contributed by atoms with van der Waals surface area (Å²) in [6.45, 7) is 8.95. The normalized spacial score (nSPS) is 15.5. The van der Waals surface area contributed by atoms with Crippen molar-refractivity contribution in [3.63, 3.8) is 0 Å². The number of nitrogens with one attached hydrogen (secondary N) is 1. The van der Waals surface area contributed by atoms with Gasteiger partial charge in [0.2, 0.25) is 5.91 Å². The monoisotopic (exact) mass is 362 g/mol. The maximum atomic E-state index is 12.4. The third-order valence-electron chi connectivity index (χ3n) is 5.51. The average molecular weight is 363 g/mol. The number of ether oxygens (including phenoxy) is 1. The minimum atomic E-state index is -0.265. The molecule has 1 saturated carbocycles. The number of aromatic nitrogens is 1. The molecule has 1 aromatic heterocycles. The Morgan fingerprint density at radius 1 is 1.12 bits per heavy atom. The van der Waals surface area contributed by atoms with Crippen LogP contribution >= 0.6 is 0 Å². The molecule has 5 nitrogen and oxygen atoms in total. The van der Waals surface area contributed by atoms with E-state index in [-0.39, 0.29) is 11.9 Å². The SMILES string of the molecule is CCOC(=O)c1c(C)c(CCC(=O)NC2CCCCCC2)n(CC)c1C. The van der Waals surface area contributed by atoms with E-state index in [1.165, 1.54) is 25.7 Å². The number of nitrogens with zero attached hydrogens (tertiary/aromatic N) is 1. The first-order chi connectivity index (χ1) is 12.5. The zero-order valence-electron chi connectivity index (χ0n) is 16.8. The molecule has 0 bridgehead atoms. The van der Waals surface area contributed by atoms with Gasteiger partial charge in [0.05, 0.1) is 12.2 Å². The van der Waals surface area contributed by atoms with E-state index in [0.717, 1.165) is 36.3 Å². The van der Waals surface area contributed by atoms with Crippen LogP contribution < -0.4 is 5.32 Å². The smallest absolute Gasteiger partial charge is 0.340 e. The van der Waals surface area contributed by atoms with E-state index >= 15 is 0 Å². The van der Waals surface area contributed by atoms with Crippen LogP contribution in [-0.4, -0.2) is 29.1 Å². The lowest BCUT2D eigenvalue weighted by Crippen LogP contribution is -2.34. The molecule has 2 rings (SSSR count). The van der Waals surface area contributed by atoms with Crippen LogP contribution in [0.25, 0.3) is 0 Å². The first-order valence-electron chi connectivity index (χ1n) is 10.1. The van der Waals surface area contributed by atoms with E-state index < -0.39 is 0 Å². The second-order valence-electron chi connectivity index (χ2n) is 7.25. The van der Waals surface area contributed by atoms with Crippen molar-refractivity contribution in [3.8, 4) is 0 Å². The van der Waals surface area contributed by atoms with Gasteiger partial charge in [0.25, 0.3) is 0 Å². The zero-order valence-corrected chi connectivity index (χ0v) is 16.8. The second kappa shape index (κ2) is 9.79. The number of esters is 1. The van der Waals surface area contributed by atoms with Crippen LogP contribution in [0, 0.1) is 13.8 Å². The molecule has 5 heteroatoms. The highest BCUT2D eigenvalue weighted by Gasteiger charge is 2.23. The summed E-state index contributed by atoms with van der Waals surface area (Å²) in [5.74, 6) is -0.144. The van der Waals surface area contributed by atoms with E-state index in [1.54, 1.807) is 0 Å². The fraction of sp³-hybridized carbons (Fsp3) is 0.714. The molecule has 26 heavy (non-hydrogen) atoms. The molecule has 0 unspecified atom stereocenters. The molecule has 1 fully saturated rings. The topological polar surface area (TPSA) is 60.3 Å². The minimum Gasteiger partial charge on any atom is -0.462 e. The third kappa shape index (κ3) is 4.89. The number of hydrogen-bond acceptors (Lipinski definition) is 3. The Bertz CT molecular complexity index is 626. The van der Waals surface area contributed by atoms with E-state index in [1.807, 2.05) is 20.8 Å². The fourth-order valence-corrected chi connectivity index (χ4v) is 4.17. The van der Waals surface area contributed by atoms with Crippen LogP contribution in [0.15, 0.2) is 0 Å². The molecule has 0 atom stereocenters. The highest BCUT2D eigenvalue weighted by Crippen LogP contribution is 2.24. The van der Waals surface area contributed by atoms with Crippen molar-refractivity contribution in [1.29, 1.82) is 0 Å². The van der Waals surface area contributed by atoms with Gasteiger partial charge < -0.3 is 14.6 Å². The Hall–Kier alpha value is -1.78. The van der Waals surface area contributed by atoms with E-state index in [4.69, 9.17) is 4.74 Å². The van der Waals surface area contributed by atoms with E-state index in [0.29, 0.717) is 31.1 Å². The second-order valence-corrected chi connectivity index (χ2v) is 7.25. The van der Waals surface area contributed by atoms with Crippen LogP contribution in [0.4, 0.5) is 0 Å². The molecule has 0 aromatic carbocycles. The summed E-state index contributed by atoms with van der Waals surface area (Å²) in [5, 5.41) is 3.21. The molecule has 1 aliphatic rings. The predicted octanol–water partition coefficient (Wildman–Crippen LogP) is 4.07. The van der Waals surface area contributed by atoms with Crippen molar-refractivity contribution in [1.82, 2.24) is 9.88 Å². The molecule has 1 N–H and O–H groups in total. The van der Waals surface area contributed by atoms with Gasteiger partial charge in [-0.3, -0.25) is 4.79 Å². The molecule has 1 aromatic rings. The van der Waals surface area contributed by atoms with Gasteiger partial charge in [-0.05, 0) is 52.5 Å². The van der Waals surface area contributed by atoms with Gasteiger partial charge in [0.1, 0.15) is 0 Å². The molecule has 0 spiro atoms. The number of carbonyl (C=O) groups is 2. The van der Waals surface area contributed by atoms with Crippen LogP contribution in [0.1, 0.15) is 86.1 Å². The standard InChI is InChI=1S/C21H34N2O3/c1-5-23-16(4)20(21(25)26-6-2)15(3)18(23)13-14-19(24)22-17-11-9-7-8-10-12-17/h17H,5-14H2,1-4H3,(H,22,24). The van der Waals surface area contributed by atoms with Gasteiger partial charge in [-0.15, -0.1) is 0 Å². The van der Waals surface area contributed by atoms with Crippen LogP contribution in [0.3, 0.4) is 0 Å². The van der Waals surface area contributed by atoms with Gasteiger partial charge in [-0.25, -0.2) is 4.79 Å². The van der Waals surface area contributed by atoms with Crippen LogP contribution in [0.2, 0.25) is 0 Å². The van der Waals surface area contributed by atoms with Gasteiger partial charge in [-0.1, -0.05) is 25.7 Å². The van der Waals surface area contributed by atoms with Gasteiger partial charge in [-0.2, -0.15) is 0 Å². The molecule has 146 valence electrons. The molecule has 1 aliphatic carbocycles. The van der Waals surface area contributed by atoms with Gasteiger partial charge in [0, 0.05) is 30.4 Å². The first-order valence-corrected chi connectivity index (χ1v) is 10.1. The van der Waals surface area contributed by atoms with Crippen molar-refractivity contribution in [2.75, 3.05) is 6.61 Å². The largest absolute Gasteiger partial charge is 0.462 e. The lowest BCUT2D eigenvalue weighted by atomic mass is 10.1. The lowest BCUT2D eigenvalue weighted by Gasteiger charge is -2.16.